The van der Waals surface area contributed by atoms with Crippen LogP contribution in [0, 0.1) is 0 Å². The second-order valence-corrected chi connectivity index (χ2v) is 6.91. The van der Waals surface area contributed by atoms with Crippen molar-refractivity contribution in [2.24, 2.45) is 0 Å². The first-order valence-corrected chi connectivity index (χ1v) is 9.27. The quantitative estimate of drug-likeness (QED) is 0.918. The Morgan fingerprint density at radius 3 is 2.69 bits per heavy atom. The number of carbonyl (C=O) groups is 1. The highest BCUT2D eigenvalue weighted by molar-refractivity contribution is 5.93. The number of urea groups is 1. The monoisotopic (exact) mass is 351 g/mol. The van der Waals surface area contributed by atoms with Crippen LogP contribution in [0.3, 0.4) is 0 Å². The number of hydrogen-bond donors (Lipinski definition) is 1. The van der Waals surface area contributed by atoms with Crippen molar-refractivity contribution in [3.8, 4) is 0 Å². The minimum atomic E-state index is -0.0626. The van der Waals surface area contributed by atoms with E-state index in [4.69, 9.17) is 4.74 Å². The van der Waals surface area contributed by atoms with E-state index < -0.39 is 0 Å². The Morgan fingerprint density at radius 1 is 1.12 bits per heavy atom. The number of carbonyl (C=O) groups excluding carboxylic acids is 1. The van der Waals surface area contributed by atoms with E-state index in [1.807, 2.05) is 30.1 Å². The van der Waals surface area contributed by atoms with Crippen molar-refractivity contribution in [2.45, 2.75) is 18.9 Å². The topological polar surface area (TPSA) is 44.8 Å². The van der Waals surface area contributed by atoms with Gasteiger partial charge in [-0.05, 0) is 36.1 Å². The number of ether oxygens (including phenoxy) is 1. The van der Waals surface area contributed by atoms with Gasteiger partial charge in [-0.25, -0.2) is 4.79 Å². The molecule has 0 unspecified atom stereocenters. The molecule has 0 saturated carbocycles. The van der Waals surface area contributed by atoms with E-state index in [0.717, 1.165) is 50.5 Å². The van der Waals surface area contributed by atoms with Gasteiger partial charge in [-0.1, -0.05) is 36.4 Å². The lowest BCUT2D eigenvalue weighted by Crippen LogP contribution is -2.38. The molecule has 1 N–H and O–H groups in total. The third-order valence-corrected chi connectivity index (χ3v) is 5.39. The predicted octanol–water partition coefficient (Wildman–Crippen LogP) is 3.67. The second-order valence-electron chi connectivity index (χ2n) is 6.91. The largest absolute Gasteiger partial charge is 0.378 e. The van der Waals surface area contributed by atoms with Crippen LogP contribution >= 0.6 is 0 Å². The van der Waals surface area contributed by atoms with Gasteiger partial charge >= 0.3 is 6.03 Å². The van der Waals surface area contributed by atoms with Crippen LogP contribution in [0.1, 0.15) is 23.6 Å². The fourth-order valence-electron chi connectivity index (χ4n) is 3.94. The van der Waals surface area contributed by atoms with E-state index >= 15 is 0 Å². The van der Waals surface area contributed by atoms with Crippen molar-refractivity contribution in [1.29, 1.82) is 0 Å². The molecule has 2 amide bonds. The minimum Gasteiger partial charge on any atom is -0.378 e. The Morgan fingerprint density at radius 2 is 1.85 bits per heavy atom. The van der Waals surface area contributed by atoms with Gasteiger partial charge in [0.2, 0.25) is 0 Å². The summed E-state index contributed by atoms with van der Waals surface area (Å²) in [5.74, 6) is 0. The van der Waals surface area contributed by atoms with Crippen molar-refractivity contribution in [1.82, 2.24) is 4.90 Å². The lowest BCUT2D eigenvalue weighted by Gasteiger charge is -2.31. The highest BCUT2D eigenvalue weighted by Gasteiger charge is 2.28. The maximum atomic E-state index is 12.9. The van der Waals surface area contributed by atoms with Crippen molar-refractivity contribution in [3.05, 3.63) is 59.7 Å². The lowest BCUT2D eigenvalue weighted by atomic mass is 10.1. The summed E-state index contributed by atoms with van der Waals surface area (Å²) in [5.41, 5.74) is 4.54. The number of benzene rings is 2. The average Bonchev–Trinajstić information content (AvgIpc) is 3.12. The number of nitrogens with one attached hydrogen (secondary N) is 1. The number of fused-ring (bicyclic) bond motifs is 1. The van der Waals surface area contributed by atoms with Crippen LogP contribution < -0.4 is 10.2 Å². The Kier molecular flexibility index (Phi) is 4.80. The molecule has 1 fully saturated rings. The summed E-state index contributed by atoms with van der Waals surface area (Å²) in [5, 5.41) is 3.12. The predicted molar refractivity (Wildman–Crippen MR) is 104 cm³/mol. The van der Waals surface area contributed by atoms with Crippen molar-refractivity contribution in [3.63, 3.8) is 0 Å². The number of rotatable bonds is 3. The van der Waals surface area contributed by atoms with Gasteiger partial charge in [0.05, 0.1) is 30.6 Å². The third kappa shape index (κ3) is 3.27. The first-order chi connectivity index (χ1) is 12.7. The maximum Gasteiger partial charge on any atom is 0.322 e. The first kappa shape index (κ1) is 16.9. The number of hydrogen-bond acceptors (Lipinski definition) is 3. The first-order valence-electron chi connectivity index (χ1n) is 9.27. The van der Waals surface area contributed by atoms with Gasteiger partial charge in [0, 0.05) is 20.1 Å². The number of nitrogens with zero attached hydrogens (tertiary/aromatic N) is 2. The van der Waals surface area contributed by atoms with Crippen molar-refractivity contribution in [2.75, 3.05) is 43.6 Å². The molecular weight excluding hydrogens is 326 g/mol. The average molecular weight is 351 g/mol. The highest BCUT2D eigenvalue weighted by atomic mass is 16.5. The smallest absolute Gasteiger partial charge is 0.322 e. The molecule has 2 aromatic rings. The highest BCUT2D eigenvalue weighted by Crippen LogP contribution is 2.35. The van der Waals surface area contributed by atoms with Crippen molar-refractivity contribution < 1.29 is 9.53 Å². The van der Waals surface area contributed by atoms with Crippen LogP contribution in [0.15, 0.2) is 48.5 Å². The summed E-state index contributed by atoms with van der Waals surface area (Å²) in [6.45, 7) is 3.14. The van der Waals surface area contributed by atoms with Crippen molar-refractivity contribution >= 4 is 17.4 Å². The minimum absolute atomic E-state index is 0.0626. The third-order valence-electron chi connectivity index (χ3n) is 5.39. The van der Waals surface area contributed by atoms with E-state index in [1.165, 1.54) is 11.1 Å². The molecule has 0 spiro atoms. The molecule has 1 saturated heterocycles. The number of amides is 2. The lowest BCUT2D eigenvalue weighted by molar-refractivity contribution is 0.123. The van der Waals surface area contributed by atoms with E-state index in [2.05, 4.69) is 40.5 Å². The normalized spacial score (nSPS) is 19.1. The Bertz CT molecular complexity index is 786. The zero-order valence-electron chi connectivity index (χ0n) is 15.1. The zero-order chi connectivity index (χ0) is 17.9. The Balaban J connectivity index is 1.50. The van der Waals surface area contributed by atoms with Crippen LogP contribution in [0.25, 0.3) is 0 Å². The molecule has 1 aliphatic heterocycles. The maximum absolute atomic E-state index is 12.9. The zero-order valence-corrected chi connectivity index (χ0v) is 15.1. The SMILES string of the molecule is CN(C(=O)Nc1ccccc1N1CCOCC1)[C@H]1CCc2ccccc21. The van der Waals surface area contributed by atoms with Crippen LogP contribution in [-0.4, -0.2) is 44.3 Å². The Labute approximate surface area is 154 Å². The summed E-state index contributed by atoms with van der Waals surface area (Å²) in [6.07, 6.45) is 2.01. The molecule has 2 aliphatic rings. The van der Waals surface area contributed by atoms with Gasteiger partial charge in [0.25, 0.3) is 0 Å². The fraction of sp³-hybridized carbons (Fsp3) is 0.381. The summed E-state index contributed by atoms with van der Waals surface area (Å²) < 4.78 is 5.44. The molecule has 0 bridgehead atoms. The number of morpholine rings is 1. The summed E-state index contributed by atoms with van der Waals surface area (Å²) >= 11 is 0. The molecule has 136 valence electrons. The van der Waals surface area contributed by atoms with Gasteiger partial charge in [0.15, 0.2) is 0 Å². The molecule has 1 atom stereocenters. The summed E-state index contributed by atoms with van der Waals surface area (Å²) in [7, 11) is 1.89. The number of para-hydroxylation sites is 2. The van der Waals surface area contributed by atoms with Gasteiger partial charge in [-0.15, -0.1) is 0 Å². The molecule has 26 heavy (non-hydrogen) atoms. The van der Waals surface area contributed by atoms with E-state index in [-0.39, 0.29) is 12.1 Å². The van der Waals surface area contributed by atoms with Gasteiger partial charge in [0.1, 0.15) is 0 Å². The summed E-state index contributed by atoms with van der Waals surface area (Å²) in [4.78, 5) is 17.0. The molecule has 0 aromatic heterocycles. The van der Waals surface area contributed by atoms with Crippen LogP contribution in [0.2, 0.25) is 0 Å². The molecule has 2 aromatic carbocycles. The van der Waals surface area contributed by atoms with Crippen LogP contribution in [-0.2, 0) is 11.2 Å². The number of aryl methyl sites for hydroxylation is 1. The fourth-order valence-corrected chi connectivity index (χ4v) is 3.94. The van der Waals surface area contributed by atoms with Crippen LogP contribution in [0.5, 0.6) is 0 Å². The molecule has 5 nitrogen and oxygen atoms in total. The standard InChI is InChI=1S/C21H25N3O2/c1-23(19-11-10-16-6-2-3-7-17(16)19)21(25)22-18-8-4-5-9-20(18)24-12-14-26-15-13-24/h2-9,19H,10-15H2,1H3,(H,22,25)/t19-/m0/s1. The van der Waals surface area contributed by atoms with E-state index in [1.54, 1.807) is 0 Å². The second kappa shape index (κ2) is 7.38. The van der Waals surface area contributed by atoms with Crippen LogP contribution in [0.4, 0.5) is 16.2 Å². The van der Waals surface area contributed by atoms with E-state index in [0.29, 0.717) is 0 Å². The molecule has 5 heteroatoms. The summed E-state index contributed by atoms with van der Waals surface area (Å²) in [6, 6.07) is 16.5. The van der Waals surface area contributed by atoms with E-state index in [9.17, 15) is 4.79 Å². The van der Waals surface area contributed by atoms with Gasteiger partial charge in [-0.3, -0.25) is 0 Å². The molecule has 4 rings (SSSR count). The number of anilines is 2. The molecule has 1 heterocycles. The molecule has 1 aliphatic carbocycles. The van der Waals surface area contributed by atoms with Gasteiger partial charge < -0.3 is 19.9 Å². The molecule has 0 radical (unpaired) electrons. The van der Waals surface area contributed by atoms with Gasteiger partial charge in [-0.2, -0.15) is 0 Å². The Hall–Kier alpha value is -2.53. The molecular formula is C21H25N3O2.